The Bertz CT molecular complexity index is 637. The summed E-state index contributed by atoms with van der Waals surface area (Å²) in [6.07, 6.45) is 4.71. The molecular formula is C19H20FNO. The highest BCUT2D eigenvalue weighted by atomic mass is 19.1. The Hall–Kier alpha value is -2.42. The lowest BCUT2D eigenvalue weighted by Crippen LogP contribution is -2.26. The molecule has 2 aromatic carbocycles. The van der Waals surface area contributed by atoms with E-state index in [2.05, 4.69) is 12.2 Å². The zero-order valence-electron chi connectivity index (χ0n) is 12.6. The van der Waals surface area contributed by atoms with Gasteiger partial charge < -0.3 is 5.32 Å². The average molecular weight is 297 g/mol. The van der Waals surface area contributed by atoms with E-state index in [0.717, 1.165) is 18.4 Å². The normalized spacial score (nSPS) is 12.3. The van der Waals surface area contributed by atoms with Crippen LogP contribution < -0.4 is 5.32 Å². The lowest BCUT2D eigenvalue weighted by molar-refractivity contribution is -0.117. The standard InChI is InChI=1S/C19H20FNO/c1-2-8-18(16-10-4-3-5-11-16)21-19(22)14-13-15-9-6-7-12-17(15)20/h3-7,9-14,18H,2,8H2,1H3,(H,21,22)/b14-13+. The van der Waals surface area contributed by atoms with E-state index in [1.807, 2.05) is 30.3 Å². The van der Waals surface area contributed by atoms with Gasteiger partial charge in [0, 0.05) is 11.6 Å². The molecule has 1 atom stereocenters. The molecule has 0 fully saturated rings. The van der Waals surface area contributed by atoms with Crippen molar-refractivity contribution in [1.29, 1.82) is 0 Å². The Labute approximate surface area is 130 Å². The van der Waals surface area contributed by atoms with Crippen molar-refractivity contribution in [2.75, 3.05) is 0 Å². The van der Waals surface area contributed by atoms with Crippen molar-refractivity contribution in [3.63, 3.8) is 0 Å². The van der Waals surface area contributed by atoms with Crippen LogP contribution in [0.15, 0.2) is 60.7 Å². The zero-order chi connectivity index (χ0) is 15.8. The number of carbonyl (C=O) groups is 1. The number of benzene rings is 2. The predicted molar refractivity (Wildman–Crippen MR) is 87.7 cm³/mol. The molecule has 2 aromatic rings. The maximum absolute atomic E-state index is 13.5. The van der Waals surface area contributed by atoms with Gasteiger partial charge in [-0.2, -0.15) is 0 Å². The Morgan fingerprint density at radius 1 is 1.14 bits per heavy atom. The molecule has 0 bridgehead atoms. The number of carbonyl (C=O) groups excluding carboxylic acids is 1. The third kappa shape index (κ3) is 4.55. The van der Waals surface area contributed by atoms with E-state index in [1.54, 1.807) is 18.2 Å². The van der Waals surface area contributed by atoms with E-state index in [1.165, 1.54) is 18.2 Å². The molecule has 1 amide bonds. The Balaban J connectivity index is 2.04. The number of halogens is 1. The van der Waals surface area contributed by atoms with E-state index in [-0.39, 0.29) is 17.8 Å². The molecule has 2 nitrogen and oxygen atoms in total. The van der Waals surface area contributed by atoms with Crippen molar-refractivity contribution in [3.05, 3.63) is 77.6 Å². The van der Waals surface area contributed by atoms with Crippen LogP contribution in [0.25, 0.3) is 6.08 Å². The first-order chi connectivity index (χ1) is 10.7. The summed E-state index contributed by atoms with van der Waals surface area (Å²) in [5.41, 5.74) is 1.49. The minimum absolute atomic E-state index is 0.0241. The highest BCUT2D eigenvalue weighted by Gasteiger charge is 2.11. The number of rotatable bonds is 6. The van der Waals surface area contributed by atoms with Crippen LogP contribution in [0.1, 0.15) is 36.9 Å². The van der Waals surface area contributed by atoms with Crippen LogP contribution in [0.5, 0.6) is 0 Å². The minimum Gasteiger partial charge on any atom is -0.346 e. The van der Waals surface area contributed by atoms with Gasteiger partial charge in [0.05, 0.1) is 6.04 Å². The fourth-order valence-electron chi connectivity index (χ4n) is 2.29. The van der Waals surface area contributed by atoms with E-state index in [9.17, 15) is 9.18 Å². The number of nitrogens with one attached hydrogen (secondary N) is 1. The van der Waals surface area contributed by atoms with E-state index < -0.39 is 0 Å². The van der Waals surface area contributed by atoms with Gasteiger partial charge in [0.15, 0.2) is 0 Å². The summed E-state index contributed by atoms with van der Waals surface area (Å²) < 4.78 is 13.5. The Morgan fingerprint density at radius 2 is 1.82 bits per heavy atom. The predicted octanol–water partition coefficient (Wildman–Crippen LogP) is 4.50. The van der Waals surface area contributed by atoms with Gasteiger partial charge in [-0.15, -0.1) is 0 Å². The lowest BCUT2D eigenvalue weighted by atomic mass is 10.0. The highest BCUT2D eigenvalue weighted by Crippen LogP contribution is 2.18. The van der Waals surface area contributed by atoms with Gasteiger partial charge in [0.2, 0.25) is 5.91 Å². The second-order valence-electron chi connectivity index (χ2n) is 5.12. The fraction of sp³-hybridized carbons (Fsp3) is 0.211. The summed E-state index contributed by atoms with van der Waals surface area (Å²) in [5.74, 6) is -0.551. The largest absolute Gasteiger partial charge is 0.346 e. The molecule has 1 N–H and O–H groups in total. The van der Waals surface area contributed by atoms with Crippen LogP contribution in [-0.2, 0) is 4.79 Å². The van der Waals surface area contributed by atoms with E-state index >= 15 is 0 Å². The van der Waals surface area contributed by atoms with Gasteiger partial charge in [0.25, 0.3) is 0 Å². The monoisotopic (exact) mass is 297 g/mol. The van der Waals surface area contributed by atoms with Crippen LogP contribution in [0.2, 0.25) is 0 Å². The maximum Gasteiger partial charge on any atom is 0.244 e. The van der Waals surface area contributed by atoms with Gasteiger partial charge in [-0.3, -0.25) is 4.79 Å². The molecule has 0 radical (unpaired) electrons. The molecule has 0 aliphatic heterocycles. The molecule has 22 heavy (non-hydrogen) atoms. The lowest BCUT2D eigenvalue weighted by Gasteiger charge is -2.17. The minimum atomic E-state index is -0.334. The fourth-order valence-corrected chi connectivity index (χ4v) is 2.29. The van der Waals surface area contributed by atoms with Crippen LogP contribution in [0.4, 0.5) is 4.39 Å². The molecule has 0 saturated heterocycles. The highest BCUT2D eigenvalue weighted by molar-refractivity contribution is 5.92. The molecular weight excluding hydrogens is 277 g/mol. The van der Waals surface area contributed by atoms with Crippen LogP contribution in [0.3, 0.4) is 0 Å². The van der Waals surface area contributed by atoms with Crippen molar-refractivity contribution < 1.29 is 9.18 Å². The maximum atomic E-state index is 13.5. The molecule has 0 aliphatic carbocycles. The summed E-state index contributed by atoms with van der Waals surface area (Å²) in [7, 11) is 0. The van der Waals surface area contributed by atoms with E-state index in [0.29, 0.717) is 5.56 Å². The van der Waals surface area contributed by atoms with Crippen LogP contribution >= 0.6 is 0 Å². The molecule has 1 unspecified atom stereocenters. The second kappa shape index (κ2) is 8.13. The summed E-state index contributed by atoms with van der Waals surface area (Å²) in [6, 6.07) is 16.2. The Morgan fingerprint density at radius 3 is 2.50 bits per heavy atom. The third-order valence-electron chi connectivity index (χ3n) is 3.42. The molecule has 3 heteroatoms. The summed E-state index contributed by atoms with van der Waals surface area (Å²) in [5, 5.41) is 2.98. The molecule has 0 heterocycles. The van der Waals surface area contributed by atoms with Gasteiger partial charge in [-0.05, 0) is 24.1 Å². The SMILES string of the molecule is CCCC(NC(=O)/C=C/c1ccccc1F)c1ccccc1. The summed E-state index contributed by atoms with van der Waals surface area (Å²) in [6.45, 7) is 2.08. The summed E-state index contributed by atoms with van der Waals surface area (Å²) in [4.78, 5) is 12.1. The number of hydrogen-bond donors (Lipinski definition) is 1. The first kappa shape index (κ1) is 16.0. The topological polar surface area (TPSA) is 29.1 Å². The van der Waals surface area contributed by atoms with Gasteiger partial charge >= 0.3 is 0 Å². The number of amides is 1. The molecule has 0 saturated carbocycles. The first-order valence-corrected chi connectivity index (χ1v) is 7.48. The molecule has 0 spiro atoms. The Kier molecular flexibility index (Phi) is 5.90. The van der Waals surface area contributed by atoms with Crippen molar-refractivity contribution in [3.8, 4) is 0 Å². The van der Waals surface area contributed by atoms with Crippen molar-refractivity contribution in [2.45, 2.75) is 25.8 Å². The summed E-state index contributed by atoms with van der Waals surface area (Å²) >= 11 is 0. The molecule has 114 valence electrons. The van der Waals surface area contributed by atoms with Crippen molar-refractivity contribution >= 4 is 12.0 Å². The molecule has 2 rings (SSSR count). The van der Waals surface area contributed by atoms with Crippen molar-refractivity contribution in [1.82, 2.24) is 5.32 Å². The third-order valence-corrected chi connectivity index (χ3v) is 3.42. The average Bonchev–Trinajstić information content (AvgIpc) is 2.54. The van der Waals surface area contributed by atoms with Crippen LogP contribution in [0, 0.1) is 5.82 Å². The van der Waals surface area contributed by atoms with Gasteiger partial charge in [-0.1, -0.05) is 61.9 Å². The van der Waals surface area contributed by atoms with Crippen molar-refractivity contribution in [2.24, 2.45) is 0 Å². The van der Waals surface area contributed by atoms with E-state index in [4.69, 9.17) is 0 Å². The first-order valence-electron chi connectivity index (χ1n) is 7.48. The smallest absolute Gasteiger partial charge is 0.244 e. The van der Waals surface area contributed by atoms with Gasteiger partial charge in [-0.25, -0.2) is 4.39 Å². The molecule has 0 aliphatic rings. The molecule has 0 aromatic heterocycles. The number of hydrogen-bond acceptors (Lipinski definition) is 1. The second-order valence-corrected chi connectivity index (χ2v) is 5.12. The van der Waals surface area contributed by atoms with Crippen LogP contribution in [-0.4, -0.2) is 5.91 Å². The zero-order valence-corrected chi connectivity index (χ0v) is 12.6. The van der Waals surface area contributed by atoms with Gasteiger partial charge in [0.1, 0.15) is 5.82 Å². The quantitative estimate of drug-likeness (QED) is 0.782.